The van der Waals surface area contributed by atoms with Crippen LogP contribution in [0.3, 0.4) is 0 Å². The molecule has 1 saturated carbocycles. The fraction of sp³-hybridized carbons (Fsp3) is 0.375. The maximum absolute atomic E-state index is 11.7. The van der Waals surface area contributed by atoms with Crippen molar-refractivity contribution in [3.05, 3.63) is 48.0 Å². The Labute approximate surface area is 112 Å². The van der Waals surface area contributed by atoms with E-state index < -0.39 is 5.60 Å². The van der Waals surface area contributed by atoms with Crippen molar-refractivity contribution < 1.29 is 14.3 Å². The SMILES string of the molecule is O=C1CCC[C@H]([C@]2(c3ccccc3)C=CC(=O)O2)C1. The Balaban J connectivity index is 2.01. The number of ketones is 1. The number of rotatable bonds is 2. The molecule has 98 valence electrons. The van der Waals surface area contributed by atoms with Crippen molar-refractivity contribution >= 4 is 11.8 Å². The third kappa shape index (κ3) is 2.09. The Kier molecular flexibility index (Phi) is 2.97. The van der Waals surface area contributed by atoms with Crippen molar-refractivity contribution in [2.24, 2.45) is 5.92 Å². The zero-order chi connectivity index (χ0) is 13.3. The predicted octanol–water partition coefficient (Wildman–Crippen LogP) is 2.75. The third-order valence-electron chi connectivity index (χ3n) is 4.05. The molecule has 1 aliphatic carbocycles. The highest BCUT2D eigenvalue weighted by Crippen LogP contribution is 2.44. The van der Waals surface area contributed by atoms with Crippen LogP contribution in [0.2, 0.25) is 0 Å². The quantitative estimate of drug-likeness (QED) is 0.764. The summed E-state index contributed by atoms with van der Waals surface area (Å²) < 4.78 is 5.62. The average Bonchev–Trinajstić information content (AvgIpc) is 2.83. The monoisotopic (exact) mass is 256 g/mol. The van der Waals surface area contributed by atoms with Crippen LogP contribution in [-0.2, 0) is 19.9 Å². The van der Waals surface area contributed by atoms with Crippen LogP contribution in [0.15, 0.2) is 42.5 Å². The van der Waals surface area contributed by atoms with Crippen molar-refractivity contribution in [3.8, 4) is 0 Å². The van der Waals surface area contributed by atoms with Crippen LogP contribution in [-0.4, -0.2) is 11.8 Å². The molecule has 1 aromatic rings. The molecular weight excluding hydrogens is 240 g/mol. The summed E-state index contributed by atoms with van der Waals surface area (Å²) in [5, 5.41) is 0. The molecule has 0 amide bonds. The molecule has 0 radical (unpaired) electrons. The van der Waals surface area contributed by atoms with Crippen LogP contribution < -0.4 is 0 Å². The van der Waals surface area contributed by atoms with E-state index in [-0.39, 0.29) is 17.7 Å². The highest BCUT2D eigenvalue weighted by molar-refractivity contribution is 5.86. The molecule has 1 heterocycles. The zero-order valence-corrected chi connectivity index (χ0v) is 10.7. The van der Waals surface area contributed by atoms with E-state index in [9.17, 15) is 9.59 Å². The molecule has 2 aliphatic rings. The fourth-order valence-corrected chi connectivity index (χ4v) is 3.13. The first-order valence-electron chi connectivity index (χ1n) is 6.70. The number of ether oxygens (including phenoxy) is 1. The van der Waals surface area contributed by atoms with Crippen molar-refractivity contribution in [2.45, 2.75) is 31.3 Å². The molecule has 1 aromatic carbocycles. The smallest absolute Gasteiger partial charge is 0.331 e. The van der Waals surface area contributed by atoms with E-state index in [1.165, 1.54) is 6.08 Å². The molecule has 0 unspecified atom stereocenters. The minimum absolute atomic E-state index is 0.0545. The van der Waals surface area contributed by atoms with E-state index >= 15 is 0 Å². The molecule has 1 fully saturated rings. The number of carbonyl (C=O) groups excluding carboxylic acids is 2. The highest BCUT2D eigenvalue weighted by Gasteiger charge is 2.46. The summed E-state index contributed by atoms with van der Waals surface area (Å²) in [6, 6.07) is 9.72. The van der Waals surface area contributed by atoms with E-state index in [1.807, 2.05) is 36.4 Å². The molecule has 0 bridgehead atoms. The van der Waals surface area contributed by atoms with E-state index in [0.717, 1.165) is 18.4 Å². The highest BCUT2D eigenvalue weighted by atomic mass is 16.6. The third-order valence-corrected chi connectivity index (χ3v) is 4.05. The predicted molar refractivity (Wildman–Crippen MR) is 70.3 cm³/mol. The van der Waals surface area contributed by atoms with Gasteiger partial charge in [-0.05, 0) is 24.5 Å². The second-order valence-corrected chi connectivity index (χ2v) is 5.25. The molecular formula is C16H16O3. The number of hydrogen-bond acceptors (Lipinski definition) is 3. The lowest BCUT2D eigenvalue weighted by Gasteiger charge is -2.37. The van der Waals surface area contributed by atoms with E-state index in [4.69, 9.17) is 4.74 Å². The largest absolute Gasteiger partial charge is 0.446 e. The van der Waals surface area contributed by atoms with E-state index in [1.54, 1.807) is 0 Å². The summed E-state index contributed by atoms with van der Waals surface area (Å²) in [6.45, 7) is 0. The van der Waals surface area contributed by atoms with Gasteiger partial charge in [0.15, 0.2) is 5.60 Å². The van der Waals surface area contributed by atoms with Crippen molar-refractivity contribution in [2.75, 3.05) is 0 Å². The van der Waals surface area contributed by atoms with Crippen molar-refractivity contribution in [1.82, 2.24) is 0 Å². The normalized spacial score (nSPS) is 30.4. The van der Waals surface area contributed by atoms with Crippen LogP contribution >= 0.6 is 0 Å². The first-order valence-corrected chi connectivity index (χ1v) is 6.70. The molecule has 0 aromatic heterocycles. The molecule has 0 saturated heterocycles. The van der Waals surface area contributed by atoms with Crippen LogP contribution in [0, 0.1) is 5.92 Å². The molecule has 3 nitrogen and oxygen atoms in total. The van der Waals surface area contributed by atoms with Gasteiger partial charge in [-0.15, -0.1) is 0 Å². The van der Waals surface area contributed by atoms with Gasteiger partial charge in [0.25, 0.3) is 0 Å². The Bertz CT molecular complexity index is 532. The van der Waals surface area contributed by atoms with Gasteiger partial charge in [-0.3, -0.25) is 4.79 Å². The number of cyclic esters (lactones) is 1. The van der Waals surface area contributed by atoms with Gasteiger partial charge < -0.3 is 4.74 Å². The second kappa shape index (κ2) is 4.65. The van der Waals surface area contributed by atoms with Crippen LogP contribution in [0.5, 0.6) is 0 Å². The van der Waals surface area contributed by atoms with Crippen LogP contribution in [0.4, 0.5) is 0 Å². The minimum Gasteiger partial charge on any atom is -0.446 e. The Morgan fingerprint density at radius 1 is 1.16 bits per heavy atom. The number of Topliss-reactive ketones (excluding diaryl/α,β-unsaturated/α-hetero) is 1. The molecule has 19 heavy (non-hydrogen) atoms. The number of hydrogen-bond donors (Lipinski definition) is 0. The topological polar surface area (TPSA) is 43.4 Å². The first-order chi connectivity index (χ1) is 9.21. The van der Waals surface area contributed by atoms with Crippen molar-refractivity contribution in [1.29, 1.82) is 0 Å². The lowest BCUT2D eigenvalue weighted by atomic mass is 9.73. The van der Waals surface area contributed by atoms with Gasteiger partial charge in [-0.1, -0.05) is 30.3 Å². The van der Waals surface area contributed by atoms with Crippen LogP contribution in [0.25, 0.3) is 0 Å². The standard InChI is InChI=1S/C16H16O3/c17-14-8-4-7-13(11-14)16(10-9-15(18)19-16)12-5-2-1-3-6-12/h1-3,5-6,9-10,13H,4,7-8,11H2/t13-,16+/m0/s1. The summed E-state index contributed by atoms with van der Waals surface area (Å²) in [7, 11) is 0. The van der Waals surface area contributed by atoms with E-state index in [2.05, 4.69) is 0 Å². The molecule has 0 N–H and O–H groups in total. The number of esters is 1. The van der Waals surface area contributed by atoms with Gasteiger partial charge in [0.05, 0.1) is 0 Å². The van der Waals surface area contributed by atoms with Gasteiger partial charge in [0.2, 0.25) is 0 Å². The first kappa shape index (κ1) is 12.2. The minimum atomic E-state index is -0.742. The average molecular weight is 256 g/mol. The maximum Gasteiger partial charge on any atom is 0.331 e. The molecule has 3 rings (SSSR count). The summed E-state index contributed by atoms with van der Waals surface area (Å²) in [4.78, 5) is 23.3. The number of benzene rings is 1. The fourth-order valence-electron chi connectivity index (χ4n) is 3.13. The molecule has 3 heteroatoms. The molecule has 1 aliphatic heterocycles. The Hall–Kier alpha value is -1.90. The van der Waals surface area contributed by atoms with E-state index in [0.29, 0.717) is 12.8 Å². The Morgan fingerprint density at radius 3 is 2.58 bits per heavy atom. The van der Waals surface area contributed by atoms with Gasteiger partial charge >= 0.3 is 5.97 Å². The lowest BCUT2D eigenvalue weighted by molar-refractivity contribution is -0.153. The molecule has 2 atom stereocenters. The maximum atomic E-state index is 11.7. The van der Waals surface area contributed by atoms with Crippen LogP contribution in [0.1, 0.15) is 31.2 Å². The summed E-state index contributed by atoms with van der Waals surface area (Å²) >= 11 is 0. The number of carbonyl (C=O) groups is 2. The van der Waals surface area contributed by atoms with Crippen molar-refractivity contribution in [3.63, 3.8) is 0 Å². The Morgan fingerprint density at radius 2 is 1.95 bits per heavy atom. The summed E-state index contributed by atoms with van der Waals surface area (Å²) in [6.07, 6.45) is 6.24. The summed E-state index contributed by atoms with van der Waals surface area (Å²) in [5.74, 6) is 0.00336. The summed E-state index contributed by atoms with van der Waals surface area (Å²) in [5.41, 5.74) is 0.214. The molecule has 0 spiro atoms. The zero-order valence-electron chi connectivity index (χ0n) is 10.7. The van der Waals surface area contributed by atoms with Gasteiger partial charge in [0.1, 0.15) is 5.78 Å². The van der Waals surface area contributed by atoms with Gasteiger partial charge in [-0.2, -0.15) is 0 Å². The van der Waals surface area contributed by atoms with Gasteiger partial charge in [-0.25, -0.2) is 4.79 Å². The van der Waals surface area contributed by atoms with Gasteiger partial charge in [0, 0.05) is 24.8 Å². The second-order valence-electron chi connectivity index (χ2n) is 5.25. The lowest BCUT2D eigenvalue weighted by Crippen LogP contribution is -2.38.